The first-order valence-corrected chi connectivity index (χ1v) is 10.2. The number of thiophene rings is 1. The zero-order valence-corrected chi connectivity index (χ0v) is 18.4. The highest BCUT2D eigenvalue weighted by molar-refractivity contribution is 9.10. The van der Waals surface area contributed by atoms with Crippen molar-refractivity contribution in [2.24, 2.45) is 0 Å². The summed E-state index contributed by atoms with van der Waals surface area (Å²) in [6.45, 7) is 1.89. The number of hydrogen-bond donors (Lipinski definition) is 2. The second kappa shape index (κ2) is 9.29. The van der Waals surface area contributed by atoms with Gasteiger partial charge in [0.25, 0.3) is 5.91 Å². The van der Waals surface area contributed by atoms with Gasteiger partial charge in [0.1, 0.15) is 11.4 Å². The fourth-order valence-corrected chi connectivity index (χ4v) is 4.05. The van der Waals surface area contributed by atoms with Crippen LogP contribution in [0, 0.1) is 6.92 Å². The van der Waals surface area contributed by atoms with Crippen LogP contribution < -0.4 is 15.4 Å². The molecule has 0 unspecified atom stereocenters. The minimum absolute atomic E-state index is 0.152. The highest BCUT2D eigenvalue weighted by Gasteiger charge is 2.21. The number of anilines is 1. The van der Waals surface area contributed by atoms with Crippen LogP contribution in [-0.4, -0.2) is 42.5 Å². The van der Waals surface area contributed by atoms with Crippen LogP contribution in [0.1, 0.15) is 21.1 Å². The maximum Gasteiger partial charge on any atom is 0.262 e. The van der Waals surface area contributed by atoms with Crippen LogP contribution in [0.2, 0.25) is 0 Å². The number of carbonyl (C=O) groups is 2. The summed E-state index contributed by atoms with van der Waals surface area (Å²) >= 11 is 4.56. The molecule has 8 nitrogen and oxygen atoms in total. The zero-order valence-electron chi connectivity index (χ0n) is 16.0. The molecule has 0 aliphatic rings. The van der Waals surface area contributed by atoms with Crippen molar-refractivity contribution in [3.63, 3.8) is 0 Å². The number of nitrogens with zero attached hydrogens (tertiary/aromatic N) is 2. The summed E-state index contributed by atoms with van der Waals surface area (Å²) in [5.41, 5.74) is 1.35. The van der Waals surface area contributed by atoms with Crippen LogP contribution in [0.3, 0.4) is 0 Å². The molecule has 152 valence electrons. The van der Waals surface area contributed by atoms with Gasteiger partial charge in [-0.1, -0.05) is 15.9 Å². The maximum atomic E-state index is 12.6. The Labute approximate surface area is 179 Å². The second-order valence-electron chi connectivity index (χ2n) is 6.06. The van der Waals surface area contributed by atoms with Crippen molar-refractivity contribution in [3.8, 4) is 5.88 Å². The van der Waals surface area contributed by atoms with Crippen molar-refractivity contribution in [3.05, 3.63) is 45.0 Å². The molecule has 0 bridgehead atoms. The van der Waals surface area contributed by atoms with E-state index in [-0.39, 0.29) is 25.0 Å². The van der Waals surface area contributed by atoms with Crippen LogP contribution in [0.4, 0.5) is 5.69 Å². The molecule has 0 saturated carbocycles. The van der Waals surface area contributed by atoms with Crippen LogP contribution >= 0.6 is 27.3 Å². The van der Waals surface area contributed by atoms with Gasteiger partial charge in [-0.05, 0) is 36.8 Å². The van der Waals surface area contributed by atoms with Gasteiger partial charge in [0.05, 0.1) is 23.9 Å². The van der Waals surface area contributed by atoms with Crippen molar-refractivity contribution >= 4 is 55.0 Å². The number of methoxy groups -OCH3 is 2. The van der Waals surface area contributed by atoms with Crippen molar-refractivity contribution in [1.82, 2.24) is 15.3 Å². The number of aromatic nitrogens is 2. The molecule has 0 aliphatic carbocycles. The smallest absolute Gasteiger partial charge is 0.262 e. The maximum absolute atomic E-state index is 12.6. The first-order valence-electron chi connectivity index (χ1n) is 8.59. The molecule has 3 rings (SSSR count). The molecule has 0 radical (unpaired) electrons. The average molecular weight is 479 g/mol. The SMILES string of the molecule is COCc1nc(OC)c2c(C)c(C(=O)NCC(=O)Nc3ccc(Br)cc3)sc2n1. The number of halogens is 1. The number of carbonyl (C=O) groups excluding carboxylic acids is 2. The number of fused-ring (bicyclic) bond motifs is 1. The summed E-state index contributed by atoms with van der Waals surface area (Å²) < 4.78 is 11.4. The summed E-state index contributed by atoms with van der Waals surface area (Å²) in [5.74, 6) is 0.188. The summed E-state index contributed by atoms with van der Waals surface area (Å²) in [7, 11) is 3.07. The molecule has 2 heterocycles. The number of hydrogen-bond acceptors (Lipinski definition) is 7. The molecular weight excluding hydrogens is 460 g/mol. The predicted octanol–water partition coefficient (Wildman–Crippen LogP) is 3.29. The van der Waals surface area contributed by atoms with Crippen molar-refractivity contribution in [2.75, 3.05) is 26.1 Å². The number of amides is 2. The number of nitrogens with one attached hydrogen (secondary N) is 2. The van der Waals surface area contributed by atoms with Gasteiger partial charge in [-0.25, -0.2) is 4.98 Å². The Bertz CT molecular complexity index is 1050. The Hall–Kier alpha value is -2.56. The molecule has 29 heavy (non-hydrogen) atoms. The molecule has 2 N–H and O–H groups in total. The lowest BCUT2D eigenvalue weighted by Gasteiger charge is -2.07. The Kier molecular flexibility index (Phi) is 6.78. The predicted molar refractivity (Wildman–Crippen MR) is 115 cm³/mol. The molecule has 2 amide bonds. The number of rotatable bonds is 7. The Morgan fingerprint density at radius 1 is 1.17 bits per heavy atom. The van der Waals surface area contributed by atoms with Crippen LogP contribution in [-0.2, 0) is 16.1 Å². The van der Waals surface area contributed by atoms with Crippen molar-refractivity contribution in [2.45, 2.75) is 13.5 Å². The van der Waals surface area contributed by atoms with Gasteiger partial charge >= 0.3 is 0 Å². The van der Waals surface area contributed by atoms with Crippen LogP contribution in [0.5, 0.6) is 5.88 Å². The highest BCUT2D eigenvalue weighted by atomic mass is 79.9. The van der Waals surface area contributed by atoms with Crippen LogP contribution in [0.15, 0.2) is 28.7 Å². The Balaban J connectivity index is 1.74. The minimum atomic E-state index is -0.355. The third-order valence-electron chi connectivity index (χ3n) is 4.01. The summed E-state index contributed by atoms with van der Waals surface area (Å²) in [4.78, 5) is 34.6. The zero-order chi connectivity index (χ0) is 21.0. The molecule has 0 aliphatic heterocycles. The Morgan fingerprint density at radius 3 is 2.55 bits per heavy atom. The first-order chi connectivity index (χ1) is 13.9. The standard InChI is InChI=1S/C19H19BrN4O4S/c1-10-15-18(28-3)23-13(9-27-2)24-19(15)29-16(10)17(26)21-8-14(25)22-12-6-4-11(20)5-7-12/h4-7H,8-9H2,1-3H3,(H,21,26)(H,22,25). The summed E-state index contributed by atoms with van der Waals surface area (Å²) in [6.07, 6.45) is 0. The van der Waals surface area contributed by atoms with Crippen LogP contribution in [0.25, 0.3) is 10.2 Å². The normalized spacial score (nSPS) is 10.8. The monoisotopic (exact) mass is 478 g/mol. The molecule has 10 heteroatoms. The number of benzene rings is 1. The lowest BCUT2D eigenvalue weighted by molar-refractivity contribution is -0.115. The topological polar surface area (TPSA) is 102 Å². The van der Waals surface area contributed by atoms with E-state index in [1.807, 2.05) is 12.1 Å². The van der Waals surface area contributed by atoms with Crippen molar-refractivity contribution < 1.29 is 19.1 Å². The van der Waals surface area contributed by atoms with E-state index < -0.39 is 0 Å². The average Bonchev–Trinajstić information content (AvgIpc) is 3.04. The number of aryl methyl sites for hydroxylation is 1. The largest absolute Gasteiger partial charge is 0.480 e. The third kappa shape index (κ3) is 4.89. The summed E-state index contributed by atoms with van der Waals surface area (Å²) in [6, 6.07) is 7.17. The van der Waals surface area contributed by atoms with Crippen molar-refractivity contribution in [1.29, 1.82) is 0 Å². The fraction of sp³-hybridized carbons (Fsp3) is 0.263. The lowest BCUT2D eigenvalue weighted by atomic mass is 10.2. The van der Waals surface area contributed by atoms with Gasteiger partial charge in [-0.15, -0.1) is 11.3 Å². The van der Waals surface area contributed by atoms with Gasteiger partial charge < -0.3 is 20.1 Å². The molecule has 3 aromatic rings. The van der Waals surface area contributed by atoms with E-state index in [4.69, 9.17) is 9.47 Å². The van der Waals surface area contributed by atoms with E-state index in [0.717, 1.165) is 4.47 Å². The second-order valence-corrected chi connectivity index (χ2v) is 7.97. The molecular formula is C19H19BrN4O4S. The molecule has 0 fully saturated rings. The third-order valence-corrected chi connectivity index (χ3v) is 5.73. The van der Waals surface area contributed by atoms with E-state index in [2.05, 4.69) is 36.5 Å². The number of ether oxygens (including phenoxy) is 2. The highest BCUT2D eigenvalue weighted by Crippen LogP contribution is 2.35. The van der Waals surface area contributed by atoms with Gasteiger partial charge in [0.2, 0.25) is 11.8 Å². The molecule has 0 spiro atoms. The minimum Gasteiger partial charge on any atom is -0.480 e. The molecule has 0 saturated heterocycles. The molecule has 0 atom stereocenters. The molecule has 1 aromatic carbocycles. The first kappa shape index (κ1) is 21.2. The quantitative estimate of drug-likeness (QED) is 0.539. The van der Waals surface area contributed by atoms with Gasteiger partial charge in [-0.2, -0.15) is 4.98 Å². The van der Waals surface area contributed by atoms with Gasteiger partial charge in [-0.3, -0.25) is 9.59 Å². The molecule has 2 aromatic heterocycles. The lowest BCUT2D eigenvalue weighted by Crippen LogP contribution is -2.32. The summed E-state index contributed by atoms with van der Waals surface area (Å²) in [5, 5.41) is 6.06. The van der Waals surface area contributed by atoms with E-state index in [1.165, 1.54) is 18.4 Å². The van der Waals surface area contributed by atoms with E-state index in [1.54, 1.807) is 26.2 Å². The van der Waals surface area contributed by atoms with E-state index >= 15 is 0 Å². The Morgan fingerprint density at radius 2 is 1.90 bits per heavy atom. The van der Waals surface area contributed by atoms with Gasteiger partial charge in [0.15, 0.2) is 5.82 Å². The van der Waals surface area contributed by atoms with E-state index in [9.17, 15) is 9.59 Å². The van der Waals surface area contributed by atoms with E-state index in [0.29, 0.717) is 38.0 Å². The van der Waals surface area contributed by atoms with Gasteiger partial charge in [0, 0.05) is 17.3 Å². The fourth-order valence-electron chi connectivity index (χ4n) is 2.68.